The molecule has 0 aliphatic carbocycles. The molecule has 0 fully saturated rings. The summed E-state index contributed by atoms with van der Waals surface area (Å²) >= 11 is 0. The van der Waals surface area contributed by atoms with Crippen LogP contribution in [0.4, 0.5) is 11.4 Å². The Balaban J connectivity index is 0.000000301. The fourth-order valence-corrected chi connectivity index (χ4v) is 9.13. The molecule has 3 aliphatic heterocycles. The number of nitrogens with one attached hydrogen (secondary N) is 5. The van der Waals surface area contributed by atoms with Crippen LogP contribution in [0.3, 0.4) is 0 Å². The van der Waals surface area contributed by atoms with Gasteiger partial charge in [0.25, 0.3) is 0 Å². The van der Waals surface area contributed by atoms with Gasteiger partial charge >= 0.3 is 0 Å². The first-order chi connectivity index (χ1) is 49.2. The lowest BCUT2D eigenvalue weighted by Gasteiger charge is -2.03. The zero-order valence-electron chi connectivity index (χ0n) is 68.9. The van der Waals surface area contributed by atoms with Crippen LogP contribution >= 0.6 is 0 Å². The van der Waals surface area contributed by atoms with Crippen molar-refractivity contribution in [2.24, 2.45) is 43.9 Å². The molecule has 0 bridgehead atoms. The molecule has 0 saturated carbocycles. The van der Waals surface area contributed by atoms with Crippen molar-refractivity contribution in [3.05, 3.63) is 209 Å². The predicted molar refractivity (Wildman–Crippen MR) is 447 cm³/mol. The minimum absolute atomic E-state index is 0.414. The topological polar surface area (TPSA) is 219 Å². The average Bonchev–Trinajstić information content (AvgIpc) is 1.66. The van der Waals surface area contributed by atoms with Crippen LogP contribution in [-0.4, -0.2) is 72.2 Å². The second-order valence-corrected chi connectivity index (χ2v) is 31.3. The molecule has 10 heterocycles. The van der Waals surface area contributed by atoms with E-state index in [1.165, 1.54) is 33.6 Å². The van der Waals surface area contributed by atoms with Gasteiger partial charge in [0.05, 0.1) is 64.2 Å². The number of fused-ring (bicyclic) bond motifs is 6. The lowest BCUT2D eigenvalue weighted by molar-refractivity contribution is 0.736. The van der Waals surface area contributed by atoms with Gasteiger partial charge in [0.15, 0.2) is 0 Å². The third kappa shape index (κ3) is 33.6. The van der Waals surface area contributed by atoms with Gasteiger partial charge in [-0.25, -0.2) is 24.9 Å². The van der Waals surface area contributed by atoms with Gasteiger partial charge in [-0.1, -0.05) is 267 Å². The molecular formula is C88H132N16. The molecule has 0 unspecified atom stereocenters. The Labute approximate surface area is 626 Å². The number of hydrogen-bond acceptors (Lipinski definition) is 11. The summed E-state index contributed by atoms with van der Waals surface area (Å²) in [6.45, 7) is 62.0. The standard InChI is InChI=1S/2C12H17N3.2C9H16N2.2C8H7N.2C7H6N2.4C4H10/c2*1-7(2)10-11-9(5-6-13-10)14-12(15-11)8(3)4;2*1-6(2)8-5-10-9(11-8)7(3)4;1-2-4-8-6-9-5-7(8)3-1;1-2-4-8-7(3-1)5-6-9-8;1-2-4-7-6(3-1)8-5-9-7;1-2-4-7-6(3-1)5-8-9-7;4*1-4(2)3/h2*5-8H,1-4H3,(H,14,15);2*5-7H,1-4H3,(H,10,11);1-5H,6H2;1-4,6H,5H2;1-5H,(H,8,9);1-4H,5H2;4*4H,1-3H3. The van der Waals surface area contributed by atoms with Crippen molar-refractivity contribution in [3.63, 3.8) is 0 Å². The third-order valence-electron chi connectivity index (χ3n) is 14.5. The number of hydrogen-bond donors (Lipinski definition) is 5. The Morgan fingerprint density at radius 1 is 0.346 bits per heavy atom. The smallest absolute Gasteiger partial charge is 0.110 e. The number of benzene rings is 4. The average molecular weight is 1410 g/mol. The fraction of sp³-hybridized carbons (Fsp3) is 0.489. The van der Waals surface area contributed by atoms with Crippen molar-refractivity contribution in [1.82, 2.24) is 59.8 Å². The number of pyridine rings is 2. The van der Waals surface area contributed by atoms with E-state index in [0.717, 1.165) is 122 Å². The minimum atomic E-state index is 0.414. The molecule has 564 valence electrons. The summed E-state index contributed by atoms with van der Waals surface area (Å²) < 4.78 is 0. The van der Waals surface area contributed by atoms with Crippen LogP contribution in [0.2, 0.25) is 0 Å². The van der Waals surface area contributed by atoms with Gasteiger partial charge in [0.2, 0.25) is 0 Å². The summed E-state index contributed by atoms with van der Waals surface area (Å²) in [5.74, 6) is 11.4. The van der Waals surface area contributed by atoms with Gasteiger partial charge < -0.3 is 24.9 Å². The van der Waals surface area contributed by atoms with Gasteiger partial charge in [-0.05, 0) is 100 Å². The molecule has 3 aliphatic rings. The fourth-order valence-electron chi connectivity index (χ4n) is 9.13. The number of rotatable bonds is 8. The Morgan fingerprint density at radius 3 is 1.15 bits per heavy atom. The van der Waals surface area contributed by atoms with Gasteiger partial charge in [0, 0.05) is 84.3 Å². The highest BCUT2D eigenvalue weighted by Crippen LogP contribution is 2.28. The number of aromatic amines is 5. The van der Waals surface area contributed by atoms with Crippen molar-refractivity contribution in [1.29, 1.82) is 0 Å². The van der Waals surface area contributed by atoms with Gasteiger partial charge in [-0.15, -0.1) is 0 Å². The summed E-state index contributed by atoms with van der Waals surface area (Å²) in [6.07, 6.45) is 14.1. The number of imidazole rings is 5. The Bertz CT molecular complexity index is 3810. The molecule has 5 N–H and O–H groups in total. The Hall–Kier alpha value is -9.05. The Morgan fingerprint density at radius 2 is 0.760 bits per heavy atom. The molecule has 4 aromatic carbocycles. The lowest BCUT2D eigenvalue weighted by Crippen LogP contribution is -1.93. The maximum Gasteiger partial charge on any atom is 0.110 e. The van der Waals surface area contributed by atoms with Crippen molar-refractivity contribution in [3.8, 4) is 0 Å². The highest BCUT2D eigenvalue weighted by Gasteiger charge is 2.15. The van der Waals surface area contributed by atoms with E-state index in [1.807, 2.05) is 122 Å². The number of H-pyrrole nitrogens is 5. The summed E-state index contributed by atoms with van der Waals surface area (Å²) in [6, 6.07) is 36.4. The third-order valence-corrected chi connectivity index (χ3v) is 14.5. The summed E-state index contributed by atoms with van der Waals surface area (Å²) in [5, 5.41) is 7.80. The number of para-hydroxylation sites is 3. The number of aromatic nitrogens is 12. The van der Waals surface area contributed by atoms with Gasteiger partial charge in [-0.2, -0.15) is 10.2 Å². The molecule has 0 spiro atoms. The van der Waals surface area contributed by atoms with Crippen molar-refractivity contribution in [2.45, 2.75) is 261 Å². The maximum atomic E-state index is 4.62. The molecule has 16 nitrogen and oxygen atoms in total. The minimum Gasteiger partial charge on any atom is -0.345 e. The molecule has 0 amide bonds. The second kappa shape index (κ2) is 47.3. The lowest BCUT2D eigenvalue weighted by atomic mass is 10.1. The highest BCUT2D eigenvalue weighted by atomic mass is 15.1. The van der Waals surface area contributed by atoms with Gasteiger partial charge in [0.1, 0.15) is 34.3 Å². The molecular weight excluding hydrogens is 1280 g/mol. The normalized spacial score (nSPS) is 11.7. The van der Waals surface area contributed by atoms with Crippen LogP contribution in [0.1, 0.15) is 310 Å². The van der Waals surface area contributed by atoms with Crippen molar-refractivity contribution < 1.29 is 0 Å². The quantitative estimate of drug-likeness (QED) is 0.0990. The van der Waals surface area contributed by atoms with Crippen molar-refractivity contribution >= 4 is 56.9 Å². The predicted octanol–water partition coefficient (Wildman–Crippen LogP) is 25.8. The molecule has 0 saturated heterocycles. The molecule has 0 atom stereocenters. The van der Waals surface area contributed by atoms with E-state index in [2.05, 4.69) is 298 Å². The van der Waals surface area contributed by atoms with Crippen LogP contribution in [0.15, 0.2) is 161 Å². The van der Waals surface area contributed by atoms with E-state index in [0.29, 0.717) is 47.3 Å². The van der Waals surface area contributed by atoms with Crippen LogP contribution in [-0.2, 0) is 19.5 Å². The van der Waals surface area contributed by atoms with Crippen LogP contribution in [0, 0.1) is 23.7 Å². The molecule has 7 aromatic heterocycles. The first-order valence-corrected chi connectivity index (χ1v) is 38.0. The van der Waals surface area contributed by atoms with Crippen LogP contribution < -0.4 is 0 Å². The molecule has 16 heteroatoms. The largest absolute Gasteiger partial charge is 0.345 e. The van der Waals surface area contributed by atoms with E-state index in [9.17, 15) is 0 Å². The number of nitrogens with zero attached hydrogens (tertiary/aromatic N) is 11. The van der Waals surface area contributed by atoms with E-state index in [1.54, 1.807) is 6.33 Å². The number of aliphatic imine (C=N–C) groups is 2. The van der Waals surface area contributed by atoms with E-state index in [-0.39, 0.29) is 0 Å². The summed E-state index contributed by atoms with van der Waals surface area (Å²) in [7, 11) is 0. The van der Waals surface area contributed by atoms with E-state index >= 15 is 0 Å². The SMILES string of the molecule is C1=NCc2ccccc21.C1=Nc2ccccc2C1.CC(C)C.CC(C)C.CC(C)C.CC(C)C.CC(C)c1cnc(C(C)C)[nH]1.CC(C)c1cnc(C(C)C)[nH]1.CC(C)c1nc2c(C(C)C)nccc2[nH]1.CC(C)c1nc2c(C(C)C)nccc2[nH]1.c1ccc2[nH]cnc2c1.c1ccc2c(c1)CN=N2. The zero-order valence-corrected chi connectivity index (χ0v) is 68.9. The first-order valence-electron chi connectivity index (χ1n) is 38.0. The second-order valence-electron chi connectivity index (χ2n) is 31.3. The highest BCUT2D eigenvalue weighted by molar-refractivity contribution is 5.84. The molecule has 104 heavy (non-hydrogen) atoms. The van der Waals surface area contributed by atoms with E-state index < -0.39 is 0 Å². The first kappa shape index (κ1) is 89.2. The summed E-state index contributed by atoms with van der Waals surface area (Å²) in [5.41, 5.74) is 18.3. The zero-order chi connectivity index (χ0) is 77.6. The van der Waals surface area contributed by atoms with Crippen LogP contribution in [0.25, 0.3) is 33.1 Å². The monoisotopic (exact) mass is 1410 g/mol. The van der Waals surface area contributed by atoms with Crippen molar-refractivity contribution in [2.75, 3.05) is 0 Å². The van der Waals surface area contributed by atoms with Crippen LogP contribution in [0.5, 0.6) is 0 Å². The molecule has 0 radical (unpaired) electrons. The van der Waals surface area contributed by atoms with E-state index in [4.69, 9.17) is 0 Å². The Kier molecular flexibility index (Phi) is 40.6. The number of azo groups is 1. The maximum absolute atomic E-state index is 4.62. The molecule has 11 aromatic rings. The summed E-state index contributed by atoms with van der Waals surface area (Å²) in [4.78, 5) is 55.2. The van der Waals surface area contributed by atoms with Gasteiger partial charge in [-0.3, -0.25) is 20.0 Å². The molecule has 14 rings (SSSR count).